The molecule has 2 aromatic heterocycles. The van der Waals surface area contributed by atoms with Crippen LogP contribution in [-0.2, 0) is 13.5 Å². The summed E-state index contributed by atoms with van der Waals surface area (Å²) >= 11 is 7.57. The fourth-order valence-corrected chi connectivity index (χ4v) is 3.06. The third-order valence-corrected chi connectivity index (χ3v) is 4.94. The van der Waals surface area contributed by atoms with E-state index >= 15 is 0 Å². The molecule has 2 rings (SSSR count). The highest BCUT2D eigenvalue weighted by Gasteiger charge is 2.20. The molecule has 0 aromatic carbocycles. The fraction of sp³-hybridized carbons (Fsp3) is 0.300. The molecule has 0 aliphatic rings. The van der Waals surface area contributed by atoms with Crippen molar-refractivity contribution in [1.82, 2.24) is 15.0 Å². The lowest BCUT2D eigenvalue weighted by Crippen LogP contribution is -2.20. The van der Waals surface area contributed by atoms with Crippen LogP contribution < -0.4 is 4.90 Å². The zero-order valence-electron chi connectivity index (χ0n) is 16.8. The second-order valence-corrected chi connectivity index (χ2v) is 7.78. The lowest BCUT2D eigenvalue weighted by Gasteiger charge is -2.23. The molecule has 0 saturated carbocycles. The number of aryl methyl sites for hydroxylation is 1. The van der Waals surface area contributed by atoms with E-state index in [2.05, 4.69) is 15.0 Å². The third kappa shape index (κ3) is 5.74. The maximum atomic E-state index is 10.9. The Hall–Kier alpha value is -2.04. The van der Waals surface area contributed by atoms with Crippen molar-refractivity contribution in [2.24, 2.45) is 0 Å². The first kappa shape index (κ1) is 23.2. The van der Waals surface area contributed by atoms with Crippen LogP contribution in [0.5, 0.6) is 0 Å². The second-order valence-electron chi connectivity index (χ2n) is 6.93. The number of anilines is 1. The van der Waals surface area contributed by atoms with Gasteiger partial charge in [-0.3, -0.25) is 9.78 Å². The molecule has 1 N–H and O–H groups in total. The van der Waals surface area contributed by atoms with Crippen LogP contribution in [0.25, 0.3) is 11.4 Å². The number of hydrogen-bond donors (Lipinski definition) is 1. The number of carbonyl (C=O) groups excluding carboxylic acids is 1. The predicted octanol–water partition coefficient (Wildman–Crippen LogP) is 4.43. The van der Waals surface area contributed by atoms with Crippen molar-refractivity contribution in [1.29, 1.82) is 0 Å². The molecule has 2 aromatic rings. The van der Waals surface area contributed by atoms with Crippen LogP contribution in [0, 0.1) is 6.92 Å². The van der Waals surface area contributed by atoms with Crippen molar-refractivity contribution in [2.45, 2.75) is 33.3 Å². The summed E-state index contributed by atoms with van der Waals surface area (Å²) in [6.45, 7) is 7.09. The third-order valence-electron chi connectivity index (χ3n) is 4.19. The van der Waals surface area contributed by atoms with E-state index in [1.807, 2.05) is 31.9 Å². The molecule has 0 radical (unpaired) electrons. The number of aliphatic hydroxyl groups is 1. The van der Waals surface area contributed by atoms with Crippen molar-refractivity contribution in [3.63, 3.8) is 0 Å². The first-order chi connectivity index (χ1) is 13.6. The molecule has 0 aliphatic heterocycles. The second kappa shape index (κ2) is 9.64. The molecular formula is C20H22ClIN4O3. The van der Waals surface area contributed by atoms with E-state index in [-0.39, 0.29) is 10.8 Å². The van der Waals surface area contributed by atoms with Gasteiger partial charge in [0.05, 0.1) is 11.4 Å². The molecule has 0 unspecified atom stereocenters. The molecule has 2 heterocycles. The van der Waals surface area contributed by atoms with Gasteiger partial charge in [0, 0.05) is 36.9 Å². The number of rotatable bonds is 7. The quantitative estimate of drug-likeness (QED) is 0.187. The zero-order chi connectivity index (χ0) is 21.8. The van der Waals surface area contributed by atoms with Gasteiger partial charge in [-0.25, -0.2) is 9.97 Å². The molecule has 0 amide bonds. The van der Waals surface area contributed by atoms with E-state index in [9.17, 15) is 9.90 Å². The van der Waals surface area contributed by atoms with Crippen LogP contribution >= 0.6 is 34.6 Å². The van der Waals surface area contributed by atoms with Gasteiger partial charge in [-0.15, -0.1) is 0 Å². The average Bonchev–Trinajstić information content (AvgIpc) is 2.70. The van der Waals surface area contributed by atoms with Crippen LogP contribution in [0.3, 0.4) is 0 Å². The largest absolute Gasteiger partial charge is 0.426 e. The van der Waals surface area contributed by atoms with Crippen molar-refractivity contribution in [2.75, 3.05) is 11.9 Å². The molecule has 0 fully saturated rings. The van der Waals surface area contributed by atoms with Crippen LogP contribution in [0.15, 0.2) is 47.1 Å². The highest BCUT2D eigenvalue weighted by atomic mass is 127. The smallest absolute Gasteiger partial charge is 0.192 e. The van der Waals surface area contributed by atoms with Gasteiger partial charge in [-0.05, 0) is 45.4 Å². The number of nitrogens with zero attached hydrogens (tertiary/aromatic N) is 4. The van der Waals surface area contributed by atoms with Gasteiger partial charge >= 0.3 is 0 Å². The molecule has 0 atom stereocenters. The summed E-state index contributed by atoms with van der Waals surface area (Å²) < 4.78 is 5.16. The summed E-state index contributed by atoms with van der Waals surface area (Å²) in [5.41, 5.74) is 2.74. The first-order valence-corrected chi connectivity index (χ1v) is 9.92. The normalized spacial score (nSPS) is 13.0. The number of carbonyl (C=O) groups is 1. The number of pyridine rings is 1. The number of aldehydes is 1. The summed E-state index contributed by atoms with van der Waals surface area (Å²) in [7, 11) is 1.89. The van der Waals surface area contributed by atoms with Crippen molar-refractivity contribution >= 4 is 46.6 Å². The van der Waals surface area contributed by atoms with E-state index in [0.717, 1.165) is 16.9 Å². The fourth-order valence-electron chi connectivity index (χ4n) is 2.47. The maximum absolute atomic E-state index is 10.9. The Balaban J connectivity index is 2.47. The monoisotopic (exact) mass is 528 g/mol. The van der Waals surface area contributed by atoms with Crippen molar-refractivity contribution in [3.8, 4) is 11.4 Å². The lowest BCUT2D eigenvalue weighted by atomic mass is 10.1. The summed E-state index contributed by atoms with van der Waals surface area (Å²) in [6, 6.07) is 3.65. The van der Waals surface area contributed by atoms with Crippen molar-refractivity contribution in [3.05, 3.63) is 58.5 Å². The lowest BCUT2D eigenvalue weighted by molar-refractivity contribution is -0.104. The van der Waals surface area contributed by atoms with Gasteiger partial charge in [0.2, 0.25) is 0 Å². The SMILES string of the molecule is C/C(=C/C(OI)=C(/Cl)C=O)N(C)c1cc(-c2ccnc(C(C)(C)O)n2)ncc1C. The van der Waals surface area contributed by atoms with Gasteiger partial charge in [0.15, 0.2) is 40.9 Å². The molecule has 7 nitrogen and oxygen atoms in total. The zero-order valence-corrected chi connectivity index (χ0v) is 19.7. The Morgan fingerprint density at radius 2 is 2.03 bits per heavy atom. The van der Waals surface area contributed by atoms with Gasteiger partial charge in [-0.2, -0.15) is 0 Å². The van der Waals surface area contributed by atoms with E-state index < -0.39 is 5.60 Å². The first-order valence-electron chi connectivity index (χ1n) is 8.67. The number of hydrogen-bond acceptors (Lipinski definition) is 7. The summed E-state index contributed by atoms with van der Waals surface area (Å²) in [6.07, 6.45) is 5.57. The Bertz CT molecular complexity index is 970. The molecule has 0 saturated heterocycles. The van der Waals surface area contributed by atoms with Crippen molar-refractivity contribution < 1.29 is 13.0 Å². The maximum Gasteiger partial charge on any atom is 0.192 e. The van der Waals surface area contributed by atoms with Gasteiger partial charge in [0.25, 0.3) is 0 Å². The van der Waals surface area contributed by atoms with Gasteiger partial charge < -0.3 is 13.1 Å². The summed E-state index contributed by atoms with van der Waals surface area (Å²) in [4.78, 5) is 25.9. The minimum Gasteiger partial charge on any atom is -0.426 e. The molecule has 0 spiro atoms. The minimum atomic E-state index is -1.15. The van der Waals surface area contributed by atoms with Crippen LogP contribution in [0.4, 0.5) is 5.69 Å². The molecule has 154 valence electrons. The molecule has 0 aliphatic carbocycles. The Morgan fingerprint density at radius 1 is 1.34 bits per heavy atom. The number of halogens is 2. The van der Waals surface area contributed by atoms with Gasteiger partial charge in [0.1, 0.15) is 10.6 Å². The summed E-state index contributed by atoms with van der Waals surface area (Å²) in [5.74, 6) is 0.588. The van der Waals surface area contributed by atoms with E-state index in [4.69, 9.17) is 14.7 Å². The van der Waals surface area contributed by atoms with Crippen LogP contribution in [0.1, 0.15) is 32.2 Å². The van der Waals surface area contributed by atoms with E-state index in [1.165, 1.54) is 0 Å². The number of allylic oxidation sites excluding steroid dienone is 3. The molecule has 0 bridgehead atoms. The van der Waals surface area contributed by atoms with Crippen LogP contribution in [0.2, 0.25) is 0 Å². The topological polar surface area (TPSA) is 88.4 Å². The standard InChI is InChI=1S/C20H22ClIN4O3/c1-12-10-24-16(15-6-7-23-19(25-15)20(3,4)28)9-17(12)26(5)13(2)8-18(29-22)14(21)11-27/h6-11,28H,1-5H3/b13-8-,18-14-. The number of aromatic nitrogens is 3. The predicted molar refractivity (Wildman–Crippen MR) is 121 cm³/mol. The van der Waals surface area contributed by atoms with Crippen LogP contribution in [-0.4, -0.2) is 33.4 Å². The Labute approximate surface area is 189 Å². The van der Waals surface area contributed by atoms with E-state index in [1.54, 1.807) is 61.4 Å². The highest BCUT2D eigenvalue weighted by molar-refractivity contribution is 14.1. The molecular weight excluding hydrogens is 507 g/mol. The molecule has 9 heteroatoms. The Morgan fingerprint density at radius 3 is 2.62 bits per heavy atom. The highest BCUT2D eigenvalue weighted by Crippen LogP contribution is 2.28. The Kier molecular flexibility index (Phi) is 7.73. The summed E-state index contributed by atoms with van der Waals surface area (Å²) in [5, 5.41) is 10.2. The van der Waals surface area contributed by atoms with Gasteiger partial charge in [-0.1, -0.05) is 11.6 Å². The molecule has 29 heavy (non-hydrogen) atoms. The average molecular weight is 529 g/mol. The van der Waals surface area contributed by atoms with E-state index in [0.29, 0.717) is 23.5 Å². The minimum absolute atomic E-state index is 0.0144.